The fourth-order valence-electron chi connectivity index (χ4n) is 3.08. The number of rotatable bonds is 7. The zero-order valence-corrected chi connectivity index (χ0v) is 20.0. The number of hydrogen-bond donors (Lipinski definition) is 2. The van der Waals surface area contributed by atoms with Crippen LogP contribution in [0.3, 0.4) is 0 Å². The summed E-state index contributed by atoms with van der Waals surface area (Å²) in [5.74, 6) is -1.17. The molecule has 2 N–H and O–H groups in total. The van der Waals surface area contributed by atoms with Gasteiger partial charge in [-0.1, -0.05) is 27.7 Å². The van der Waals surface area contributed by atoms with Crippen molar-refractivity contribution >= 4 is 27.2 Å². The normalized spacial score (nSPS) is 13.7. The summed E-state index contributed by atoms with van der Waals surface area (Å²) in [6.45, 7) is 10.7. The molecular weight excluding hydrogens is 439 g/mol. The smallest absolute Gasteiger partial charge is 0.259 e. The summed E-state index contributed by atoms with van der Waals surface area (Å²) >= 11 is 0.907. The van der Waals surface area contributed by atoms with Crippen molar-refractivity contribution < 1.29 is 18.5 Å². The van der Waals surface area contributed by atoms with Crippen LogP contribution < -0.4 is 4.72 Å². The van der Waals surface area contributed by atoms with Crippen LogP contribution >= 0.6 is 11.3 Å². The summed E-state index contributed by atoms with van der Waals surface area (Å²) < 4.78 is 33.3. The third-order valence-electron chi connectivity index (χ3n) is 4.59. The van der Waals surface area contributed by atoms with Gasteiger partial charge in [-0.3, -0.25) is 4.79 Å². The second-order valence-corrected chi connectivity index (χ2v) is 11.4. The monoisotopic (exact) mass is 466 g/mol. The van der Waals surface area contributed by atoms with Gasteiger partial charge in [-0.05, 0) is 54.5 Å². The fourth-order valence-corrected chi connectivity index (χ4v) is 5.57. The predicted molar refractivity (Wildman–Crippen MR) is 118 cm³/mol. The number of benzene rings is 1. The number of carbonyl (C=O) groups is 1. The molecular formula is C21H27FN4O3S2. The highest BCUT2D eigenvalue weighted by atomic mass is 32.2. The maximum absolute atomic E-state index is 14.1. The van der Waals surface area contributed by atoms with Gasteiger partial charge >= 0.3 is 0 Å². The average Bonchev–Trinajstić information content (AvgIpc) is 3.14. The molecule has 2 aromatic rings. The van der Waals surface area contributed by atoms with E-state index in [0.29, 0.717) is 21.6 Å². The van der Waals surface area contributed by atoms with Crippen LogP contribution in [0.2, 0.25) is 0 Å². The van der Waals surface area contributed by atoms with Gasteiger partial charge in [-0.2, -0.15) is 5.26 Å². The third kappa shape index (κ3) is 5.87. The highest BCUT2D eigenvalue weighted by Crippen LogP contribution is 2.31. The van der Waals surface area contributed by atoms with Gasteiger partial charge in [0.2, 0.25) is 14.3 Å². The molecule has 0 unspecified atom stereocenters. The highest BCUT2D eigenvalue weighted by molar-refractivity contribution is 7.94. The summed E-state index contributed by atoms with van der Waals surface area (Å²) in [5.41, 5.74) is 0.797. The van der Waals surface area contributed by atoms with E-state index in [9.17, 15) is 18.5 Å². The lowest BCUT2D eigenvalue weighted by Gasteiger charge is -2.19. The molecule has 0 saturated carbocycles. The molecule has 0 aliphatic carbocycles. The van der Waals surface area contributed by atoms with E-state index in [1.165, 1.54) is 18.3 Å². The quantitative estimate of drug-likeness (QED) is 0.465. The summed E-state index contributed by atoms with van der Waals surface area (Å²) in [5, 5.41) is 19.2. The summed E-state index contributed by atoms with van der Waals surface area (Å²) in [6, 6.07) is 2.81. The molecule has 0 fully saturated rings. The number of amides is 1. The van der Waals surface area contributed by atoms with E-state index in [0.717, 1.165) is 11.3 Å². The first kappa shape index (κ1) is 24.9. The molecule has 10 heteroatoms. The molecule has 0 aliphatic rings. The van der Waals surface area contributed by atoms with Gasteiger partial charge in [0.05, 0.1) is 16.9 Å². The Morgan fingerprint density at radius 3 is 2.29 bits per heavy atom. The van der Waals surface area contributed by atoms with E-state index in [1.807, 2.05) is 27.7 Å². The first-order valence-corrected chi connectivity index (χ1v) is 12.1. The number of thiazole rings is 1. The number of nitriles is 1. The van der Waals surface area contributed by atoms with Crippen molar-refractivity contribution in [2.75, 3.05) is 0 Å². The lowest BCUT2D eigenvalue weighted by molar-refractivity contribution is -0.117. The Labute approximate surface area is 186 Å². The second-order valence-electron chi connectivity index (χ2n) is 8.32. The van der Waals surface area contributed by atoms with E-state index in [1.54, 1.807) is 20.0 Å². The Morgan fingerprint density at radius 2 is 1.87 bits per heavy atom. The molecule has 168 valence electrons. The molecule has 1 atom stereocenters. The second kappa shape index (κ2) is 9.42. The van der Waals surface area contributed by atoms with Crippen molar-refractivity contribution in [1.29, 1.82) is 5.26 Å². The maximum atomic E-state index is 14.1. The Balaban J connectivity index is 2.54. The number of halogens is 1. The molecule has 0 radical (unpaired) electrons. The van der Waals surface area contributed by atoms with Gasteiger partial charge in [-0.15, -0.1) is 15.7 Å². The molecule has 0 bridgehead atoms. The SMILES string of the molecule is CC(C)c1cc(F)cc(C(C)C)c1CC(=O)N=[S@](=O)(NC#N)c1ncc(C(C)(C)O)s1. The first-order chi connectivity index (χ1) is 14.3. The molecule has 31 heavy (non-hydrogen) atoms. The Hall–Kier alpha value is -2.35. The van der Waals surface area contributed by atoms with Crippen molar-refractivity contribution in [3.8, 4) is 6.19 Å². The van der Waals surface area contributed by atoms with Gasteiger partial charge in [0.15, 0.2) is 6.19 Å². The third-order valence-corrected chi connectivity index (χ3v) is 8.03. The van der Waals surface area contributed by atoms with Gasteiger partial charge in [0, 0.05) is 6.20 Å². The van der Waals surface area contributed by atoms with Crippen molar-refractivity contribution in [3.05, 3.63) is 45.7 Å². The minimum atomic E-state index is -3.66. The van der Waals surface area contributed by atoms with Crippen LogP contribution in [0.15, 0.2) is 27.0 Å². The van der Waals surface area contributed by atoms with Gasteiger partial charge in [0.1, 0.15) is 5.82 Å². The van der Waals surface area contributed by atoms with Crippen molar-refractivity contribution in [2.45, 2.75) is 69.7 Å². The van der Waals surface area contributed by atoms with Crippen LogP contribution in [0, 0.1) is 17.3 Å². The standard InChI is InChI=1S/C21H27FN4O3S2/c1-12(2)15-7-14(22)8-16(13(3)4)17(15)9-19(27)26-31(29,25-11-23)20-24-10-18(30-20)21(5,6)28/h7-8,10,12-13,28H,9H2,1-6H3,(H,25,26,27,29)/t31-/m1/s1. The van der Waals surface area contributed by atoms with E-state index in [4.69, 9.17) is 5.26 Å². The minimum absolute atomic E-state index is 0.0362. The van der Waals surface area contributed by atoms with Crippen molar-refractivity contribution in [3.63, 3.8) is 0 Å². The Kier molecular flexibility index (Phi) is 7.57. The minimum Gasteiger partial charge on any atom is -0.385 e. The number of aliphatic hydroxyl groups is 1. The zero-order chi connectivity index (χ0) is 23.6. The number of nitrogens with one attached hydrogen (secondary N) is 1. The van der Waals surface area contributed by atoms with Gasteiger partial charge < -0.3 is 5.11 Å². The summed E-state index contributed by atoms with van der Waals surface area (Å²) in [7, 11) is -3.66. The maximum Gasteiger partial charge on any atom is 0.259 e. The molecule has 7 nitrogen and oxygen atoms in total. The molecule has 1 aromatic carbocycles. The zero-order valence-electron chi connectivity index (χ0n) is 18.4. The molecule has 1 amide bonds. The van der Waals surface area contributed by atoms with Gasteiger partial charge in [0.25, 0.3) is 5.91 Å². The predicted octanol–water partition coefficient (Wildman–Crippen LogP) is 4.34. The molecule has 0 aliphatic heterocycles. The molecule has 1 heterocycles. The topological polar surface area (TPSA) is 115 Å². The molecule has 0 saturated heterocycles. The van der Waals surface area contributed by atoms with Gasteiger partial charge in [-0.25, -0.2) is 18.3 Å². The molecule has 1 aromatic heterocycles. The van der Waals surface area contributed by atoms with Crippen LogP contribution in [0.1, 0.15) is 74.9 Å². The first-order valence-electron chi connectivity index (χ1n) is 9.75. The summed E-state index contributed by atoms with van der Waals surface area (Å²) in [4.78, 5) is 17.3. The average molecular weight is 467 g/mol. The lowest BCUT2D eigenvalue weighted by Crippen LogP contribution is -2.21. The molecule has 2 rings (SSSR count). The van der Waals surface area contributed by atoms with Crippen LogP contribution in [0.5, 0.6) is 0 Å². The van der Waals surface area contributed by atoms with Crippen LogP contribution in [0.4, 0.5) is 4.39 Å². The molecule has 0 spiro atoms. The fraction of sp³-hybridized carbons (Fsp3) is 0.476. The number of aromatic nitrogens is 1. The number of carbonyl (C=O) groups excluding carboxylic acids is 1. The Morgan fingerprint density at radius 1 is 1.32 bits per heavy atom. The van der Waals surface area contributed by atoms with Crippen LogP contribution in [-0.2, 0) is 26.7 Å². The Bertz CT molecular complexity index is 1110. The number of hydrogen-bond acceptors (Lipinski definition) is 6. The van der Waals surface area contributed by atoms with E-state index < -0.39 is 21.4 Å². The van der Waals surface area contributed by atoms with E-state index in [-0.39, 0.29) is 28.4 Å². The highest BCUT2D eigenvalue weighted by Gasteiger charge is 2.26. The largest absolute Gasteiger partial charge is 0.385 e. The van der Waals surface area contributed by atoms with E-state index in [2.05, 4.69) is 14.1 Å². The number of nitrogens with zero attached hydrogens (tertiary/aromatic N) is 3. The summed E-state index contributed by atoms with van der Waals surface area (Å²) in [6.07, 6.45) is 2.73. The van der Waals surface area contributed by atoms with Crippen molar-refractivity contribution in [1.82, 2.24) is 9.71 Å². The van der Waals surface area contributed by atoms with Crippen molar-refractivity contribution in [2.24, 2.45) is 4.36 Å². The van der Waals surface area contributed by atoms with Crippen LogP contribution in [-0.4, -0.2) is 20.2 Å². The van der Waals surface area contributed by atoms with Crippen LogP contribution in [0.25, 0.3) is 0 Å². The van der Waals surface area contributed by atoms with E-state index >= 15 is 0 Å². The lowest BCUT2D eigenvalue weighted by atomic mass is 9.87.